The highest BCUT2D eigenvalue weighted by molar-refractivity contribution is 7.90. The number of terminal acetylenes is 1. The maximum absolute atomic E-state index is 12.4. The average molecular weight is 374 g/mol. The van der Waals surface area contributed by atoms with Crippen molar-refractivity contribution in [1.29, 1.82) is 0 Å². The number of imidazole rings is 1. The van der Waals surface area contributed by atoms with Gasteiger partial charge in [0.15, 0.2) is 14.6 Å². The number of amides is 1. The Morgan fingerprint density at radius 2 is 2.20 bits per heavy atom. The molecule has 3 rings (SSSR count). The number of benzene rings is 1. The molecule has 0 aliphatic carbocycles. The molecule has 3 aromatic rings. The maximum atomic E-state index is 12.4. The van der Waals surface area contributed by atoms with E-state index in [1.54, 1.807) is 34.5 Å². The molecular weight excluding hydrogens is 360 g/mol. The zero-order valence-corrected chi connectivity index (χ0v) is 15.1. The van der Waals surface area contributed by atoms with Gasteiger partial charge in [-0.05, 0) is 18.2 Å². The molecule has 0 saturated carbocycles. The van der Waals surface area contributed by atoms with Crippen LogP contribution in [0.2, 0.25) is 0 Å². The Bertz CT molecular complexity index is 1190. The molecule has 2 aromatic heterocycles. The quantitative estimate of drug-likeness (QED) is 0.645. The molecule has 0 N–H and O–H groups in total. The number of carbonyl (C=O) groups is 1. The zero-order chi connectivity index (χ0) is 18.2. The molecule has 0 bridgehead atoms. The summed E-state index contributed by atoms with van der Waals surface area (Å²) < 4.78 is 27.4. The summed E-state index contributed by atoms with van der Waals surface area (Å²) in [6.07, 6.45) is 9.74. The number of hydrogen-bond donors (Lipinski definition) is 0. The van der Waals surface area contributed by atoms with Crippen molar-refractivity contribution in [2.24, 2.45) is 12.0 Å². The molecule has 25 heavy (non-hydrogen) atoms. The molecular formula is C16H14N4O3S2. The van der Waals surface area contributed by atoms with Crippen LogP contribution in [0.5, 0.6) is 0 Å². The first-order chi connectivity index (χ1) is 11.8. The van der Waals surface area contributed by atoms with Crippen LogP contribution in [0.4, 0.5) is 0 Å². The predicted molar refractivity (Wildman–Crippen MR) is 94.9 cm³/mol. The fourth-order valence-electron chi connectivity index (χ4n) is 2.32. The summed E-state index contributed by atoms with van der Waals surface area (Å²) in [4.78, 5) is 21.1. The second kappa shape index (κ2) is 6.31. The summed E-state index contributed by atoms with van der Waals surface area (Å²) in [6, 6.07) is 4.75. The molecule has 0 aliphatic rings. The van der Waals surface area contributed by atoms with Gasteiger partial charge in [-0.2, -0.15) is 4.99 Å². The molecule has 7 nitrogen and oxygen atoms in total. The lowest BCUT2D eigenvalue weighted by Crippen LogP contribution is -2.17. The number of fused-ring (bicyclic) bond motifs is 1. The van der Waals surface area contributed by atoms with Crippen LogP contribution in [0, 0.1) is 12.3 Å². The number of rotatable bonds is 3. The number of hydrogen-bond acceptors (Lipinski definition) is 5. The first-order valence-corrected chi connectivity index (χ1v) is 9.85. The van der Waals surface area contributed by atoms with E-state index in [-0.39, 0.29) is 17.3 Å². The van der Waals surface area contributed by atoms with Gasteiger partial charge in [-0.25, -0.2) is 13.4 Å². The molecule has 0 atom stereocenters. The average Bonchev–Trinajstić information content (AvgIpc) is 3.10. The maximum Gasteiger partial charge on any atom is 0.315 e. The van der Waals surface area contributed by atoms with Crippen LogP contribution in [-0.4, -0.2) is 34.7 Å². The normalized spacial score (nSPS) is 12.4. The zero-order valence-electron chi connectivity index (χ0n) is 13.5. The lowest BCUT2D eigenvalue weighted by Gasteiger charge is -2.01. The van der Waals surface area contributed by atoms with Gasteiger partial charge in [0.25, 0.3) is 0 Å². The minimum absolute atomic E-state index is 0.205. The third-order valence-electron chi connectivity index (χ3n) is 3.54. The van der Waals surface area contributed by atoms with Crippen molar-refractivity contribution in [3.63, 3.8) is 0 Å². The fraction of sp³-hybridized carbons (Fsp3) is 0.188. The molecule has 0 aliphatic heterocycles. The summed E-state index contributed by atoms with van der Waals surface area (Å²) in [7, 11) is -1.63. The highest BCUT2D eigenvalue weighted by atomic mass is 32.2. The molecule has 9 heteroatoms. The molecule has 0 unspecified atom stereocenters. The molecule has 0 radical (unpaired) electrons. The first-order valence-electron chi connectivity index (χ1n) is 7.14. The summed E-state index contributed by atoms with van der Waals surface area (Å²) in [5.74, 6) is 2.24. The number of nitrogens with zero attached hydrogens (tertiary/aromatic N) is 4. The lowest BCUT2D eigenvalue weighted by molar-refractivity contribution is 0.0985. The van der Waals surface area contributed by atoms with Crippen LogP contribution in [0.3, 0.4) is 0 Å². The van der Waals surface area contributed by atoms with Crippen molar-refractivity contribution < 1.29 is 13.2 Å². The van der Waals surface area contributed by atoms with Crippen molar-refractivity contribution in [1.82, 2.24) is 14.1 Å². The summed E-state index contributed by atoms with van der Waals surface area (Å²) in [5.41, 5.74) is 0.724. The Balaban J connectivity index is 2.22. The van der Waals surface area contributed by atoms with E-state index in [9.17, 15) is 13.2 Å². The van der Waals surface area contributed by atoms with Gasteiger partial charge in [0.05, 0.1) is 21.7 Å². The minimum atomic E-state index is -3.33. The van der Waals surface area contributed by atoms with Gasteiger partial charge in [-0.1, -0.05) is 17.3 Å². The van der Waals surface area contributed by atoms with Crippen LogP contribution in [0.1, 0.15) is 10.6 Å². The fourth-order valence-corrected chi connectivity index (χ4v) is 4.11. The highest BCUT2D eigenvalue weighted by Gasteiger charge is 2.14. The molecule has 128 valence electrons. The number of aryl methyl sites for hydroxylation is 1. The number of thiazole rings is 1. The Labute approximate surface area is 148 Å². The smallest absolute Gasteiger partial charge is 0.315 e. The van der Waals surface area contributed by atoms with Gasteiger partial charge >= 0.3 is 5.91 Å². The van der Waals surface area contributed by atoms with Gasteiger partial charge in [-0.15, -0.1) is 6.42 Å². The second-order valence-corrected chi connectivity index (χ2v) is 8.38. The molecule has 0 saturated heterocycles. The third-order valence-corrected chi connectivity index (χ3v) is 5.69. The number of sulfone groups is 1. The second-order valence-electron chi connectivity index (χ2n) is 5.36. The van der Waals surface area contributed by atoms with E-state index < -0.39 is 15.7 Å². The van der Waals surface area contributed by atoms with Crippen molar-refractivity contribution in [2.75, 3.05) is 6.26 Å². The Morgan fingerprint density at radius 1 is 1.44 bits per heavy atom. The van der Waals surface area contributed by atoms with Crippen molar-refractivity contribution in [3.05, 3.63) is 41.2 Å². The Kier molecular flexibility index (Phi) is 4.32. The van der Waals surface area contributed by atoms with Crippen LogP contribution in [0.25, 0.3) is 10.2 Å². The SMILES string of the molecule is C#CCn1c(=NC(=O)c2nccn2C)sc2cc(S(C)(=O)=O)ccc21. The van der Waals surface area contributed by atoms with E-state index in [0.29, 0.717) is 9.50 Å². The third kappa shape index (κ3) is 3.26. The van der Waals surface area contributed by atoms with Crippen molar-refractivity contribution in [2.45, 2.75) is 11.4 Å². The van der Waals surface area contributed by atoms with Crippen molar-refractivity contribution in [3.8, 4) is 12.3 Å². The number of aromatic nitrogens is 3. The van der Waals surface area contributed by atoms with E-state index in [1.165, 1.54) is 23.6 Å². The monoisotopic (exact) mass is 374 g/mol. The van der Waals surface area contributed by atoms with Gasteiger partial charge < -0.3 is 9.13 Å². The van der Waals surface area contributed by atoms with E-state index in [0.717, 1.165) is 11.8 Å². The van der Waals surface area contributed by atoms with E-state index in [4.69, 9.17) is 6.42 Å². The van der Waals surface area contributed by atoms with Gasteiger partial charge in [-0.3, -0.25) is 4.79 Å². The number of carbonyl (C=O) groups excluding carboxylic acids is 1. The van der Waals surface area contributed by atoms with E-state index in [1.807, 2.05) is 0 Å². The van der Waals surface area contributed by atoms with Crippen molar-refractivity contribution >= 4 is 37.3 Å². The standard InChI is InChI=1S/C16H14N4O3S2/c1-4-8-20-12-6-5-11(25(3,22)23)10-13(12)24-16(20)18-15(21)14-17-7-9-19(14)2/h1,5-7,9-10H,8H2,2-3H3. The largest absolute Gasteiger partial charge is 0.330 e. The molecule has 1 aromatic carbocycles. The van der Waals surface area contributed by atoms with Crippen LogP contribution in [-0.2, 0) is 23.4 Å². The highest BCUT2D eigenvalue weighted by Crippen LogP contribution is 2.22. The van der Waals surface area contributed by atoms with E-state index >= 15 is 0 Å². The minimum Gasteiger partial charge on any atom is -0.330 e. The summed E-state index contributed by atoms with van der Waals surface area (Å²) in [5, 5.41) is 0. The van der Waals surface area contributed by atoms with Crippen LogP contribution >= 0.6 is 11.3 Å². The molecule has 1 amide bonds. The van der Waals surface area contributed by atoms with E-state index in [2.05, 4.69) is 15.9 Å². The predicted octanol–water partition coefficient (Wildman–Crippen LogP) is 1.21. The molecule has 2 heterocycles. The van der Waals surface area contributed by atoms with Gasteiger partial charge in [0.2, 0.25) is 5.82 Å². The summed E-state index contributed by atoms with van der Waals surface area (Å²) in [6.45, 7) is 0.213. The Hall–Kier alpha value is -2.70. The topological polar surface area (TPSA) is 86.3 Å². The lowest BCUT2D eigenvalue weighted by atomic mass is 10.3. The molecule has 0 spiro atoms. The van der Waals surface area contributed by atoms with Gasteiger partial charge in [0, 0.05) is 25.7 Å². The Morgan fingerprint density at radius 3 is 2.80 bits per heavy atom. The summed E-state index contributed by atoms with van der Waals surface area (Å²) >= 11 is 1.20. The first kappa shape index (κ1) is 17.1. The van der Waals surface area contributed by atoms with Crippen LogP contribution < -0.4 is 4.80 Å². The molecule has 0 fully saturated rings. The van der Waals surface area contributed by atoms with Gasteiger partial charge in [0.1, 0.15) is 0 Å². The van der Waals surface area contributed by atoms with Crippen LogP contribution in [0.15, 0.2) is 40.5 Å².